The third-order valence-electron chi connectivity index (χ3n) is 6.36. The van der Waals surface area contributed by atoms with Crippen LogP contribution in [0.3, 0.4) is 0 Å². The molecule has 0 aliphatic carbocycles. The van der Waals surface area contributed by atoms with Crippen molar-refractivity contribution in [3.63, 3.8) is 0 Å². The Labute approximate surface area is 213 Å². The lowest BCUT2D eigenvalue weighted by molar-refractivity contribution is -0.129. The number of furan rings is 1. The first-order valence-electron chi connectivity index (χ1n) is 12.1. The van der Waals surface area contributed by atoms with Gasteiger partial charge in [-0.3, -0.25) is 9.59 Å². The molecule has 0 bridgehead atoms. The Kier molecular flexibility index (Phi) is 6.68. The number of fused-ring (bicyclic) bond motifs is 1. The monoisotopic (exact) mass is 501 g/mol. The lowest BCUT2D eigenvalue weighted by Crippen LogP contribution is -2.32. The first kappa shape index (κ1) is 24.2. The summed E-state index contributed by atoms with van der Waals surface area (Å²) in [5.74, 6) is -0.633. The topological polar surface area (TPSA) is 107 Å². The van der Waals surface area contributed by atoms with Gasteiger partial charge in [-0.15, -0.1) is 0 Å². The van der Waals surface area contributed by atoms with E-state index in [2.05, 4.69) is 4.98 Å². The Morgan fingerprint density at radius 3 is 2.76 bits per heavy atom. The van der Waals surface area contributed by atoms with E-state index >= 15 is 0 Å². The van der Waals surface area contributed by atoms with Crippen LogP contribution in [0.4, 0.5) is 0 Å². The maximum atomic E-state index is 13.8. The molecule has 9 heteroatoms. The Morgan fingerprint density at radius 1 is 1.16 bits per heavy atom. The van der Waals surface area contributed by atoms with E-state index in [9.17, 15) is 14.7 Å². The molecule has 4 aromatic rings. The zero-order valence-electron chi connectivity index (χ0n) is 20.6. The third-order valence-corrected chi connectivity index (χ3v) is 6.36. The number of ether oxygens (including phenoxy) is 2. The molecule has 190 valence electrons. The van der Waals surface area contributed by atoms with Crippen LogP contribution in [0.25, 0.3) is 11.0 Å². The highest BCUT2D eigenvalue weighted by molar-refractivity contribution is 6.16. The summed E-state index contributed by atoms with van der Waals surface area (Å²) in [4.78, 5) is 32.6. The summed E-state index contributed by atoms with van der Waals surface area (Å²) < 4.78 is 18.8. The molecule has 0 saturated heterocycles. The number of rotatable bonds is 10. The van der Waals surface area contributed by atoms with Crippen molar-refractivity contribution in [1.29, 1.82) is 0 Å². The molecule has 5 rings (SSSR count). The van der Waals surface area contributed by atoms with Crippen molar-refractivity contribution < 1.29 is 28.6 Å². The number of methoxy groups -OCH3 is 1. The van der Waals surface area contributed by atoms with Gasteiger partial charge in [-0.05, 0) is 43.2 Å². The third kappa shape index (κ3) is 4.55. The largest absolute Gasteiger partial charge is 0.503 e. The number of para-hydroxylation sites is 1. The second-order valence-corrected chi connectivity index (χ2v) is 8.64. The van der Waals surface area contributed by atoms with Gasteiger partial charge in [0.25, 0.3) is 5.91 Å². The van der Waals surface area contributed by atoms with Gasteiger partial charge in [0.2, 0.25) is 5.78 Å². The lowest BCUT2D eigenvalue weighted by atomic mass is 9.94. The summed E-state index contributed by atoms with van der Waals surface area (Å²) in [5.41, 5.74) is 1.05. The van der Waals surface area contributed by atoms with E-state index < -0.39 is 23.5 Å². The highest BCUT2D eigenvalue weighted by atomic mass is 16.5. The molecule has 1 aliphatic heterocycles. The summed E-state index contributed by atoms with van der Waals surface area (Å²) in [6.07, 6.45) is 5.83. The number of amides is 1. The maximum absolute atomic E-state index is 13.8. The van der Waals surface area contributed by atoms with Crippen molar-refractivity contribution >= 4 is 22.7 Å². The minimum absolute atomic E-state index is 0.0140. The van der Waals surface area contributed by atoms with Gasteiger partial charge in [-0.2, -0.15) is 0 Å². The van der Waals surface area contributed by atoms with Gasteiger partial charge in [0.15, 0.2) is 22.9 Å². The fourth-order valence-electron chi connectivity index (χ4n) is 4.69. The molecule has 0 radical (unpaired) electrons. The molecule has 0 saturated carbocycles. The van der Waals surface area contributed by atoms with Crippen LogP contribution in [-0.4, -0.2) is 51.5 Å². The Balaban J connectivity index is 1.53. The van der Waals surface area contributed by atoms with Crippen LogP contribution in [0.1, 0.15) is 35.5 Å². The quantitative estimate of drug-likeness (QED) is 0.314. The molecular weight excluding hydrogens is 474 g/mol. The minimum Gasteiger partial charge on any atom is -0.503 e. The minimum atomic E-state index is -0.807. The fraction of sp³-hybridized carbons (Fsp3) is 0.250. The zero-order valence-corrected chi connectivity index (χ0v) is 20.6. The second-order valence-electron chi connectivity index (χ2n) is 8.64. The molecule has 1 unspecified atom stereocenters. The van der Waals surface area contributed by atoms with Gasteiger partial charge in [0.05, 0.1) is 31.7 Å². The van der Waals surface area contributed by atoms with Crippen LogP contribution in [0.15, 0.2) is 83.0 Å². The van der Waals surface area contributed by atoms with Crippen molar-refractivity contribution in [2.24, 2.45) is 0 Å². The number of aryl methyl sites for hydroxylation is 1. The Morgan fingerprint density at radius 2 is 2.00 bits per heavy atom. The van der Waals surface area contributed by atoms with Crippen LogP contribution in [-0.2, 0) is 11.3 Å². The van der Waals surface area contributed by atoms with Crippen molar-refractivity contribution in [1.82, 2.24) is 14.5 Å². The number of aliphatic hydroxyl groups is 1. The molecule has 2 aromatic carbocycles. The number of aromatic nitrogens is 2. The predicted octanol–water partition coefficient (Wildman–Crippen LogP) is 4.71. The average molecular weight is 502 g/mol. The van der Waals surface area contributed by atoms with E-state index in [0.717, 1.165) is 0 Å². The summed E-state index contributed by atoms with van der Waals surface area (Å²) >= 11 is 0. The molecule has 0 fully saturated rings. The van der Waals surface area contributed by atoms with Crippen LogP contribution >= 0.6 is 0 Å². The summed E-state index contributed by atoms with van der Waals surface area (Å²) in [6.45, 7) is 3.29. The molecule has 1 atom stereocenters. The van der Waals surface area contributed by atoms with Crippen molar-refractivity contribution in [3.8, 4) is 11.5 Å². The first-order chi connectivity index (χ1) is 18.0. The predicted molar refractivity (Wildman–Crippen MR) is 136 cm³/mol. The SMILES string of the molecule is CCOc1cccc(C2C(C(=O)c3cc4cccc(OC)c4o3)=C(O)C(=O)N2CCCn2ccnc2)c1. The van der Waals surface area contributed by atoms with Gasteiger partial charge in [-0.25, -0.2) is 4.98 Å². The highest BCUT2D eigenvalue weighted by Crippen LogP contribution is 2.41. The van der Waals surface area contributed by atoms with Crippen molar-refractivity contribution in [3.05, 3.63) is 89.9 Å². The number of carbonyl (C=O) groups is 2. The number of carbonyl (C=O) groups excluding carboxylic acids is 2. The summed E-state index contributed by atoms with van der Waals surface area (Å²) in [7, 11) is 1.52. The van der Waals surface area contributed by atoms with Gasteiger partial charge < -0.3 is 28.5 Å². The number of imidazole rings is 1. The molecule has 0 spiro atoms. The number of Topliss-reactive ketones (excluding diaryl/α,β-unsaturated/α-hetero) is 1. The smallest absolute Gasteiger partial charge is 0.290 e. The first-order valence-corrected chi connectivity index (χ1v) is 12.1. The van der Waals surface area contributed by atoms with Crippen LogP contribution in [0.5, 0.6) is 11.5 Å². The number of ketones is 1. The number of nitrogens with zero attached hydrogens (tertiary/aromatic N) is 3. The van der Waals surface area contributed by atoms with Crippen LogP contribution in [0, 0.1) is 0 Å². The lowest BCUT2D eigenvalue weighted by Gasteiger charge is -2.27. The molecular formula is C28H27N3O6. The van der Waals surface area contributed by atoms with Crippen LogP contribution in [0.2, 0.25) is 0 Å². The summed E-state index contributed by atoms with van der Waals surface area (Å²) in [6, 6.07) is 13.3. The maximum Gasteiger partial charge on any atom is 0.290 e. The second kappa shape index (κ2) is 10.2. The van der Waals surface area contributed by atoms with E-state index in [1.54, 1.807) is 48.9 Å². The zero-order chi connectivity index (χ0) is 25.9. The normalized spacial score (nSPS) is 15.6. The van der Waals surface area contributed by atoms with E-state index in [4.69, 9.17) is 13.9 Å². The highest BCUT2D eigenvalue weighted by Gasteiger charge is 2.44. The van der Waals surface area contributed by atoms with E-state index in [1.165, 1.54) is 12.0 Å². The van der Waals surface area contributed by atoms with E-state index in [1.807, 2.05) is 29.8 Å². The number of hydrogen-bond acceptors (Lipinski definition) is 7. The Bertz CT molecular complexity index is 1470. The molecule has 9 nitrogen and oxygen atoms in total. The number of hydrogen-bond donors (Lipinski definition) is 1. The van der Waals surface area contributed by atoms with E-state index in [0.29, 0.717) is 54.1 Å². The summed E-state index contributed by atoms with van der Waals surface area (Å²) in [5, 5.41) is 11.7. The molecule has 3 heterocycles. The average Bonchev–Trinajstić information content (AvgIpc) is 3.64. The molecule has 1 N–H and O–H groups in total. The molecule has 37 heavy (non-hydrogen) atoms. The standard InChI is InChI=1S/C28H27N3O6/c1-3-36-20-9-4-7-18(15-20)24-23(25(32)22-16-19-8-5-10-21(35-2)27(19)37-22)26(33)28(34)31(24)13-6-12-30-14-11-29-17-30/h4-5,7-11,14-17,24,33H,3,6,12-13H2,1-2H3. The Hall–Kier alpha value is -4.53. The molecule has 1 aliphatic rings. The fourth-order valence-corrected chi connectivity index (χ4v) is 4.69. The molecule has 1 amide bonds. The van der Waals surface area contributed by atoms with E-state index in [-0.39, 0.29) is 11.3 Å². The number of benzene rings is 2. The van der Waals surface area contributed by atoms with Gasteiger partial charge in [-0.1, -0.05) is 24.3 Å². The van der Waals surface area contributed by atoms with Gasteiger partial charge in [0, 0.05) is 30.9 Å². The van der Waals surface area contributed by atoms with Gasteiger partial charge >= 0.3 is 0 Å². The number of aliphatic hydroxyl groups excluding tert-OH is 1. The van der Waals surface area contributed by atoms with Crippen molar-refractivity contribution in [2.75, 3.05) is 20.3 Å². The van der Waals surface area contributed by atoms with Crippen LogP contribution < -0.4 is 9.47 Å². The van der Waals surface area contributed by atoms with Gasteiger partial charge in [0.1, 0.15) is 5.75 Å². The molecule has 2 aromatic heterocycles. The van der Waals surface area contributed by atoms with Crippen molar-refractivity contribution in [2.45, 2.75) is 25.9 Å².